The number of fused-ring (bicyclic) bond motifs is 1. The molecule has 0 radical (unpaired) electrons. The van der Waals surface area contributed by atoms with Crippen LogP contribution in [-0.4, -0.2) is 59.5 Å². The number of aromatic nitrogens is 1. The Morgan fingerprint density at radius 3 is 2.36 bits per heavy atom. The van der Waals surface area contributed by atoms with Crippen LogP contribution in [0, 0.1) is 18.6 Å². The van der Waals surface area contributed by atoms with E-state index in [1.54, 1.807) is 0 Å². The highest BCUT2D eigenvalue weighted by molar-refractivity contribution is 7.98. The van der Waals surface area contributed by atoms with Crippen LogP contribution >= 0.6 is 11.8 Å². The minimum atomic E-state index is -5.61. The molecule has 278 valence electrons. The van der Waals surface area contributed by atoms with E-state index in [0.717, 1.165) is 6.92 Å². The number of benzene rings is 4. The van der Waals surface area contributed by atoms with Crippen molar-refractivity contribution in [3.8, 4) is 11.1 Å². The lowest BCUT2D eigenvalue weighted by Gasteiger charge is -2.39. The summed E-state index contributed by atoms with van der Waals surface area (Å²) in [5, 5.41) is -2.70. The molecule has 1 aromatic heterocycles. The quantitative estimate of drug-likeness (QED) is 0.0937. The first-order valence-electron chi connectivity index (χ1n) is 30.3. The Morgan fingerprint density at radius 1 is 1.02 bits per heavy atom. The number of halogens is 5. The summed E-state index contributed by atoms with van der Waals surface area (Å²) in [5.41, 5.74) is -16.4. The number of hydrogen-bond donors (Lipinski definition) is 0. The fourth-order valence-electron chi connectivity index (χ4n) is 4.13. The molecule has 0 N–H and O–H groups in total. The molecule has 2 heterocycles. The lowest BCUT2D eigenvalue weighted by Crippen LogP contribution is -2.48. The molecule has 0 bridgehead atoms. The number of likely N-dealkylation sites (tertiary alicyclic amines) is 1. The largest absolute Gasteiger partial charge is 0.416 e. The molecule has 0 atom stereocenters. The topological polar surface area (TPSA) is 54.8 Å². The lowest BCUT2D eigenvalue weighted by molar-refractivity contribution is -0.137. The highest BCUT2D eigenvalue weighted by Gasteiger charge is 2.31. The van der Waals surface area contributed by atoms with Crippen LogP contribution in [0.25, 0.3) is 22.0 Å². The highest BCUT2D eigenvalue weighted by Crippen LogP contribution is 2.32. The Morgan fingerprint density at radius 2 is 1.70 bits per heavy atom. The molecule has 1 saturated heterocycles. The van der Waals surface area contributed by atoms with Crippen molar-refractivity contribution in [2.24, 2.45) is 0 Å². The summed E-state index contributed by atoms with van der Waals surface area (Å²) in [7, 11) is 0.423. The number of rotatable bonds is 12. The van der Waals surface area contributed by atoms with E-state index in [9.17, 15) is 27.6 Å². The highest BCUT2D eigenvalue weighted by atomic mass is 32.2. The van der Waals surface area contributed by atoms with Gasteiger partial charge in [-0.25, -0.2) is 8.78 Å². The van der Waals surface area contributed by atoms with Crippen LogP contribution in [0.5, 0.6) is 0 Å². The van der Waals surface area contributed by atoms with Crippen molar-refractivity contribution in [2.45, 2.75) is 55.6 Å². The number of amides is 1. The number of carbonyl (C=O) groups is 1. The van der Waals surface area contributed by atoms with Crippen LogP contribution in [0.3, 0.4) is 0 Å². The zero-order chi connectivity index (χ0) is 66.0. The maximum atomic E-state index is 15.9. The minimum absolute atomic E-state index is 0.0208. The third-order valence-corrected chi connectivity index (χ3v) is 7.33. The Bertz CT molecular complexity index is 3650. The molecule has 4 aromatic carbocycles. The predicted octanol–water partition coefficient (Wildman–Crippen LogP) is 8.71. The molecule has 1 amide bonds. The molecule has 1 aliphatic rings. The van der Waals surface area contributed by atoms with E-state index in [0.29, 0.717) is 7.11 Å². The fraction of sp³-hybridized carbons (Fsp3) is 0.317. The third kappa shape index (κ3) is 9.17. The Labute approximate surface area is 354 Å². The average molecular weight is 782 g/mol. The zero-order valence-electron chi connectivity index (χ0n) is 58.6. The molecule has 1 aliphatic heterocycles. The van der Waals surface area contributed by atoms with Crippen LogP contribution in [-0.2, 0) is 34.5 Å². The average Bonchev–Trinajstić information content (AvgIpc) is 0.680. The van der Waals surface area contributed by atoms with Crippen molar-refractivity contribution < 1.29 is 75.3 Å². The molecule has 5 aromatic rings. The molecule has 0 aliphatic carbocycles. The molecule has 0 saturated carbocycles. The molecule has 0 unspecified atom stereocenters. The van der Waals surface area contributed by atoms with E-state index in [-0.39, 0.29) is 4.57 Å². The van der Waals surface area contributed by atoms with Crippen LogP contribution in [0.2, 0.25) is 0 Å². The van der Waals surface area contributed by atoms with Gasteiger partial charge < -0.3 is 19.1 Å². The van der Waals surface area contributed by atoms with Crippen molar-refractivity contribution in [1.82, 2.24) is 14.4 Å². The van der Waals surface area contributed by atoms with E-state index < -0.39 is 254 Å². The minimum Gasteiger partial charge on any atom is -0.383 e. The Kier molecular flexibility index (Phi) is 4.70. The molecular formula is C41H40F5N3O3S. The molecule has 0 spiro atoms. The van der Waals surface area contributed by atoms with E-state index >= 15 is 13.6 Å². The standard InChI is InChI=1S/C41H40F5N3O3S/c1-27-6-15-36-34(22-27)37(50)23-39(53-26-31-4-3-5-35(42)40(31)43)49(36)25-38(51)48(33-16-18-47(19-17-33)20-21-52-2)24-28-7-9-29(10-8-28)30-11-13-32(14-12-30)41(44,45)46/h3-15,22-23,33H,16-21,24-26H2,1-2H3/i3D,4D,5D,6D,7D,8D,9D,10D,11D,12D,13D,14D,15D,16D2,17D2,18D2,19D2,20D2,21D2,22D,23D,24D2,26D2,33D. The summed E-state index contributed by atoms with van der Waals surface area (Å²) >= 11 is -0.702. The van der Waals surface area contributed by atoms with Crippen LogP contribution in [0.4, 0.5) is 22.0 Å². The van der Waals surface area contributed by atoms with Gasteiger partial charge in [0.25, 0.3) is 0 Å². The smallest absolute Gasteiger partial charge is 0.383 e. The number of pyridine rings is 1. The van der Waals surface area contributed by atoms with E-state index in [4.69, 9.17) is 34.3 Å². The maximum Gasteiger partial charge on any atom is 0.416 e. The number of carbonyl (C=O) groups excluding carboxylic acids is 1. The van der Waals surface area contributed by atoms with Crippen molar-refractivity contribution in [3.63, 3.8) is 0 Å². The summed E-state index contributed by atoms with van der Waals surface area (Å²) in [6.45, 7) is -24.6. The van der Waals surface area contributed by atoms with Gasteiger partial charge in [0.15, 0.2) is 17.1 Å². The van der Waals surface area contributed by atoms with Gasteiger partial charge in [-0.05, 0) is 66.6 Å². The summed E-state index contributed by atoms with van der Waals surface area (Å²) in [6.07, 6.45) is -15.8. The van der Waals surface area contributed by atoms with E-state index in [1.807, 2.05) is 0 Å². The van der Waals surface area contributed by atoms with Gasteiger partial charge in [0.05, 0.1) is 50.1 Å². The molecule has 1 fully saturated rings. The summed E-state index contributed by atoms with van der Waals surface area (Å²) in [5.74, 6) is -7.26. The zero-order valence-corrected chi connectivity index (χ0v) is 27.4. The van der Waals surface area contributed by atoms with E-state index in [2.05, 4.69) is 4.74 Å². The number of thioether (sulfide) groups is 1. The van der Waals surface area contributed by atoms with Gasteiger partial charge in [-0.15, -0.1) is 11.8 Å². The number of piperidine rings is 1. The maximum absolute atomic E-state index is 15.9. The summed E-state index contributed by atoms with van der Waals surface area (Å²) in [6, 6.07) is -29.7. The monoisotopic (exact) mass is 781 g/mol. The Balaban J connectivity index is 1.85. The summed E-state index contributed by atoms with van der Waals surface area (Å²) in [4.78, 5) is 27.8. The third-order valence-electron chi connectivity index (χ3n) is 6.51. The molecule has 53 heavy (non-hydrogen) atoms. The first kappa shape index (κ1) is 15.0. The molecular weight excluding hydrogens is 710 g/mol. The fourth-order valence-corrected chi connectivity index (χ4v) is 4.88. The van der Waals surface area contributed by atoms with Gasteiger partial charge in [0.2, 0.25) is 5.91 Å². The van der Waals surface area contributed by atoms with Crippen LogP contribution in [0.15, 0.2) is 100 Å². The summed E-state index contributed by atoms with van der Waals surface area (Å²) < 4.78 is 359. The Hall–Kier alpha value is -4.52. The van der Waals surface area contributed by atoms with Crippen LogP contribution in [0.1, 0.15) is 78.9 Å². The van der Waals surface area contributed by atoms with Gasteiger partial charge in [-0.1, -0.05) is 59.9 Å². The van der Waals surface area contributed by atoms with Gasteiger partial charge >= 0.3 is 6.18 Å². The number of methoxy groups -OCH3 is 1. The number of ether oxygens (including phenoxy) is 1. The van der Waals surface area contributed by atoms with Crippen molar-refractivity contribution in [1.29, 1.82) is 0 Å². The molecule has 12 heteroatoms. The SMILES string of the molecule is [2H]c1c([2H])c(F)c(F)c(C([2H])([2H])Sc2c([2H])c(=O)c3c([2H])c(C)c([2H])c([2H])c3n2CC(=O)N(C([2H])([2H])c2c([2H])c([2H])c(-c3c([2H])c([2H])c(C(F)(F)F)c([2H])c3[2H])c([2H])c2[2H])C2([2H])C([2H])([2H])C([2H])([2H])N(C([2H])([2H])C([2H])([2H])OC)C([2H])([2H])C2([2H])[2H])c1[2H]. The lowest BCUT2D eigenvalue weighted by atomic mass is 10.00. The van der Waals surface area contributed by atoms with Gasteiger partial charge in [-0.2, -0.15) is 13.2 Å². The second-order valence-corrected chi connectivity index (χ2v) is 10.9. The number of alkyl halides is 3. The normalized spacial score (nSPS) is 28.4. The van der Waals surface area contributed by atoms with Crippen LogP contribution < -0.4 is 5.43 Å². The van der Waals surface area contributed by atoms with Gasteiger partial charge in [-0.3, -0.25) is 9.59 Å². The van der Waals surface area contributed by atoms with Crippen molar-refractivity contribution >= 4 is 28.6 Å². The first-order valence-corrected chi connectivity index (χ1v) is 15.1. The number of nitrogens with zero attached hydrogens (tertiary/aromatic N) is 3. The predicted molar refractivity (Wildman–Crippen MR) is 198 cm³/mol. The number of hydrogen-bond acceptors (Lipinski definition) is 5. The van der Waals surface area contributed by atoms with Gasteiger partial charge in [0.1, 0.15) is 6.54 Å². The van der Waals surface area contributed by atoms with Crippen molar-refractivity contribution in [2.75, 3.05) is 33.2 Å². The second kappa shape index (κ2) is 16.7. The molecule has 6 rings (SSSR count). The van der Waals surface area contributed by atoms with Gasteiger partial charge in [0, 0.05) is 78.3 Å². The van der Waals surface area contributed by atoms with E-state index in [1.165, 1.54) is 0 Å². The second-order valence-electron chi connectivity index (χ2n) is 10.1. The molecule has 6 nitrogen and oxygen atoms in total. The van der Waals surface area contributed by atoms with Crippen molar-refractivity contribution in [3.05, 3.63) is 135 Å². The first-order chi connectivity index (χ1) is 38.1.